The van der Waals surface area contributed by atoms with Crippen LogP contribution < -0.4 is 15.5 Å². The minimum atomic E-state index is -1.24. The van der Waals surface area contributed by atoms with Crippen LogP contribution in [-0.4, -0.2) is 71.0 Å². The molecule has 266 valence electrons. The number of aryl methyl sites for hydroxylation is 3. The first-order valence-electron chi connectivity index (χ1n) is 17.6. The van der Waals surface area contributed by atoms with Crippen LogP contribution in [0.3, 0.4) is 0 Å². The van der Waals surface area contributed by atoms with Gasteiger partial charge in [0, 0.05) is 37.8 Å². The van der Waals surface area contributed by atoms with Gasteiger partial charge in [0.2, 0.25) is 5.91 Å². The number of halogens is 2. The number of amides is 2. The van der Waals surface area contributed by atoms with Gasteiger partial charge in [-0.3, -0.25) is 19.3 Å². The number of piperidine rings is 2. The number of anilines is 1. The van der Waals surface area contributed by atoms with Crippen LogP contribution in [0.25, 0.3) is 11.1 Å². The third kappa shape index (κ3) is 7.67. The summed E-state index contributed by atoms with van der Waals surface area (Å²) in [5.41, 5.74) is 2.99. The van der Waals surface area contributed by atoms with Gasteiger partial charge in [-0.2, -0.15) is 0 Å². The number of pyridine rings is 1. The fraction of sp³-hybridized carbons (Fsp3) is 0.487. The number of rotatable bonds is 12. The number of carbonyl (C=O) groups excluding carboxylic acids is 2. The van der Waals surface area contributed by atoms with E-state index in [0.717, 1.165) is 24.9 Å². The van der Waals surface area contributed by atoms with Crippen molar-refractivity contribution >= 4 is 23.6 Å². The Morgan fingerprint density at radius 1 is 0.920 bits per heavy atom. The van der Waals surface area contributed by atoms with Gasteiger partial charge in [-0.25, -0.2) is 13.8 Å². The Morgan fingerprint density at radius 3 is 2.20 bits per heavy atom. The van der Waals surface area contributed by atoms with E-state index in [-0.39, 0.29) is 29.2 Å². The van der Waals surface area contributed by atoms with Gasteiger partial charge >= 0.3 is 5.97 Å². The van der Waals surface area contributed by atoms with Crippen molar-refractivity contribution in [2.75, 3.05) is 31.1 Å². The molecule has 0 unspecified atom stereocenters. The smallest absolute Gasteiger partial charge is 0.305 e. The van der Waals surface area contributed by atoms with E-state index >= 15 is 4.39 Å². The van der Waals surface area contributed by atoms with Gasteiger partial charge in [0.15, 0.2) is 0 Å². The molecule has 4 heterocycles. The Balaban J connectivity index is 1.18. The molecule has 0 spiro atoms. The van der Waals surface area contributed by atoms with Crippen LogP contribution >= 0.6 is 0 Å². The molecule has 2 atom stereocenters. The molecular weight excluding hydrogens is 640 g/mol. The highest BCUT2D eigenvalue weighted by molar-refractivity contribution is 5.96. The first kappa shape index (κ1) is 35.4. The molecule has 50 heavy (non-hydrogen) atoms. The SMILES string of the molecule is Cc1cc(-c2c(C)cc(F)cc2C)cc([C@H](CC(=O)O)NC(=O)[C@H](CC(C)C)NC(=O)c2cccc(N3CC(N4CC5CC(C5)C4)C3)n2)c1F. The normalized spacial score (nSPS) is 20.1. The zero-order valence-corrected chi connectivity index (χ0v) is 29.4. The topological polar surface area (TPSA) is 115 Å². The molecule has 4 aliphatic rings. The van der Waals surface area contributed by atoms with Gasteiger partial charge in [-0.15, -0.1) is 0 Å². The van der Waals surface area contributed by atoms with Gasteiger partial charge in [-0.1, -0.05) is 19.9 Å². The second kappa shape index (κ2) is 14.5. The molecule has 2 amide bonds. The monoisotopic (exact) mass is 687 g/mol. The Morgan fingerprint density at radius 2 is 1.58 bits per heavy atom. The first-order chi connectivity index (χ1) is 23.7. The Labute approximate surface area is 292 Å². The molecule has 1 saturated carbocycles. The number of fused-ring (bicyclic) bond motifs is 2. The van der Waals surface area contributed by atoms with Crippen LogP contribution in [0.2, 0.25) is 0 Å². The summed E-state index contributed by atoms with van der Waals surface area (Å²) in [5.74, 6) is -1.04. The number of carbonyl (C=O) groups is 3. The molecular formula is C39H47F2N5O4. The summed E-state index contributed by atoms with van der Waals surface area (Å²) < 4.78 is 29.8. The first-order valence-corrected chi connectivity index (χ1v) is 17.6. The molecule has 2 bridgehead atoms. The highest BCUT2D eigenvalue weighted by Gasteiger charge is 2.43. The molecule has 3 aromatic rings. The average molecular weight is 688 g/mol. The molecule has 1 aromatic heterocycles. The van der Waals surface area contributed by atoms with Crippen LogP contribution in [0, 0.1) is 50.2 Å². The summed E-state index contributed by atoms with van der Waals surface area (Å²) in [6.07, 6.45) is 2.40. The molecule has 9 nitrogen and oxygen atoms in total. The fourth-order valence-corrected chi connectivity index (χ4v) is 7.99. The minimum absolute atomic E-state index is 0.00250. The largest absolute Gasteiger partial charge is 0.481 e. The van der Waals surface area contributed by atoms with Crippen LogP contribution in [0.1, 0.15) is 78.3 Å². The van der Waals surface area contributed by atoms with Gasteiger partial charge < -0.3 is 20.6 Å². The molecule has 0 radical (unpaired) electrons. The van der Waals surface area contributed by atoms with E-state index < -0.39 is 47.9 Å². The quantitative estimate of drug-likeness (QED) is 0.215. The number of hydrogen-bond donors (Lipinski definition) is 3. The maximum atomic E-state index is 15.8. The lowest BCUT2D eigenvalue weighted by atomic mass is 9.70. The fourth-order valence-electron chi connectivity index (χ4n) is 7.99. The van der Waals surface area contributed by atoms with E-state index in [0.29, 0.717) is 34.1 Å². The number of hydrogen-bond acceptors (Lipinski definition) is 6. The second-order valence-electron chi connectivity index (χ2n) is 15.0. The predicted octanol–water partition coefficient (Wildman–Crippen LogP) is 5.96. The van der Waals surface area contributed by atoms with Gasteiger partial charge in [0.1, 0.15) is 29.2 Å². The molecule has 3 N–H and O–H groups in total. The minimum Gasteiger partial charge on any atom is -0.481 e. The van der Waals surface area contributed by atoms with Crippen LogP contribution in [0.15, 0.2) is 42.5 Å². The van der Waals surface area contributed by atoms with E-state index in [1.54, 1.807) is 39.0 Å². The van der Waals surface area contributed by atoms with Crippen molar-refractivity contribution in [3.63, 3.8) is 0 Å². The molecule has 3 aliphatic heterocycles. The lowest BCUT2D eigenvalue weighted by Crippen LogP contribution is -2.64. The standard InChI is InChI=1S/C39H47F2N5O4/c1-21(2)9-33(44-38(49)31-7-6-8-34(42-31)46-19-29(20-46)45-17-25-13-26(14-25)18-45)39(50)43-32(16-35(47)48)30-15-27(10-24(5)37(30)41)36-22(3)11-28(40)12-23(36)4/h6-8,10-12,15,21,25-26,29,32-33H,9,13-14,16-20H2,1-5H3,(H,43,50)(H,44,49)(H,47,48)/t25?,26?,32-,33-/m0/s1. The highest BCUT2D eigenvalue weighted by atomic mass is 19.1. The van der Waals surface area contributed by atoms with Crippen molar-refractivity contribution in [2.24, 2.45) is 17.8 Å². The second-order valence-corrected chi connectivity index (χ2v) is 15.0. The lowest BCUT2D eigenvalue weighted by Gasteiger charge is -2.54. The Hall–Kier alpha value is -4.38. The molecule has 7 rings (SSSR count). The third-order valence-electron chi connectivity index (χ3n) is 10.5. The van der Waals surface area contributed by atoms with Crippen molar-refractivity contribution in [2.45, 2.75) is 78.4 Å². The van der Waals surface area contributed by atoms with Gasteiger partial charge in [0.05, 0.1) is 12.5 Å². The molecule has 11 heteroatoms. The van der Waals surface area contributed by atoms with Crippen LogP contribution in [-0.2, 0) is 9.59 Å². The maximum Gasteiger partial charge on any atom is 0.305 e. The maximum absolute atomic E-state index is 15.8. The predicted molar refractivity (Wildman–Crippen MR) is 188 cm³/mol. The van der Waals surface area contributed by atoms with Crippen molar-refractivity contribution in [3.05, 3.63) is 82.0 Å². The summed E-state index contributed by atoms with van der Waals surface area (Å²) in [5, 5.41) is 15.3. The number of aromatic nitrogens is 1. The summed E-state index contributed by atoms with van der Waals surface area (Å²) in [4.78, 5) is 48.8. The van der Waals surface area contributed by atoms with Crippen LogP contribution in [0.5, 0.6) is 0 Å². The van der Waals surface area contributed by atoms with Crippen molar-refractivity contribution < 1.29 is 28.3 Å². The van der Waals surface area contributed by atoms with E-state index in [1.165, 1.54) is 44.1 Å². The van der Waals surface area contributed by atoms with Crippen LogP contribution in [0.4, 0.5) is 14.6 Å². The zero-order chi connectivity index (χ0) is 35.9. The van der Waals surface area contributed by atoms with Gasteiger partial charge in [-0.05, 0) is 122 Å². The number of aliphatic carboxylic acids is 1. The van der Waals surface area contributed by atoms with E-state index in [2.05, 4.69) is 25.4 Å². The molecule has 2 aromatic carbocycles. The number of nitrogens with one attached hydrogen (secondary N) is 2. The van der Waals surface area contributed by atoms with E-state index in [4.69, 9.17) is 0 Å². The number of carboxylic acid groups (broad SMARTS) is 1. The number of benzene rings is 2. The summed E-state index contributed by atoms with van der Waals surface area (Å²) >= 11 is 0. The average Bonchev–Trinajstić information content (AvgIpc) is 3.00. The summed E-state index contributed by atoms with van der Waals surface area (Å²) in [7, 11) is 0. The highest BCUT2D eigenvalue weighted by Crippen LogP contribution is 2.41. The zero-order valence-electron chi connectivity index (χ0n) is 29.4. The van der Waals surface area contributed by atoms with E-state index in [1.807, 2.05) is 19.9 Å². The number of nitrogens with zero attached hydrogens (tertiary/aromatic N) is 3. The molecule has 3 saturated heterocycles. The van der Waals surface area contributed by atoms with E-state index in [9.17, 15) is 23.9 Å². The summed E-state index contributed by atoms with van der Waals surface area (Å²) in [6, 6.07) is 9.42. The Bertz CT molecular complexity index is 1750. The molecule has 4 fully saturated rings. The Kier molecular flexibility index (Phi) is 10.3. The lowest BCUT2D eigenvalue weighted by molar-refractivity contribution is -0.137. The van der Waals surface area contributed by atoms with Gasteiger partial charge in [0.25, 0.3) is 5.91 Å². The van der Waals surface area contributed by atoms with Crippen molar-refractivity contribution in [1.82, 2.24) is 20.5 Å². The van der Waals surface area contributed by atoms with Crippen molar-refractivity contribution in [3.8, 4) is 11.1 Å². The molecule has 1 aliphatic carbocycles. The third-order valence-corrected chi connectivity index (χ3v) is 10.5. The van der Waals surface area contributed by atoms with Crippen molar-refractivity contribution in [1.29, 1.82) is 0 Å². The summed E-state index contributed by atoms with van der Waals surface area (Å²) in [6.45, 7) is 12.9. The number of carboxylic acids is 1.